The van der Waals surface area contributed by atoms with E-state index in [2.05, 4.69) is 9.97 Å². The van der Waals surface area contributed by atoms with Gasteiger partial charge in [-0.15, -0.1) is 0 Å². The molecule has 2 aromatic rings. The number of rotatable bonds is 4. The highest BCUT2D eigenvalue weighted by Crippen LogP contribution is 2.19. The smallest absolute Gasteiger partial charge is 0.229 e. The first-order valence-electron chi connectivity index (χ1n) is 5.13. The maximum atomic E-state index is 10.9. The fraction of sp³-hybridized carbons (Fsp3) is 0.0833. The van der Waals surface area contributed by atoms with Crippen LogP contribution in [0.3, 0.4) is 0 Å². The molecule has 1 aromatic carbocycles. The van der Waals surface area contributed by atoms with Gasteiger partial charge in [-0.1, -0.05) is 23.7 Å². The van der Waals surface area contributed by atoms with Crippen molar-refractivity contribution in [3.63, 3.8) is 0 Å². The molecule has 92 valence electrons. The number of carbonyl (C=O) groups excluding carboxylic acids is 1. The molecule has 1 heterocycles. The molecule has 0 spiro atoms. The number of halogens is 1. The summed E-state index contributed by atoms with van der Waals surface area (Å²) in [5.74, 6) is 0.263. The number of aromatic nitrogens is 2. The summed E-state index contributed by atoms with van der Waals surface area (Å²) >= 11 is 5.85. The van der Waals surface area contributed by atoms with Gasteiger partial charge in [0, 0.05) is 5.02 Å². The van der Waals surface area contributed by atoms with Crippen molar-refractivity contribution >= 4 is 23.7 Å². The maximum absolute atomic E-state index is 10.9. The highest BCUT2D eigenvalue weighted by atomic mass is 35.5. The maximum Gasteiger partial charge on any atom is 0.229 e. The topological polar surface area (TPSA) is 78.1 Å². The van der Waals surface area contributed by atoms with E-state index in [-0.39, 0.29) is 23.9 Å². The first kappa shape index (κ1) is 12.3. The van der Waals surface area contributed by atoms with Gasteiger partial charge in [0.05, 0.1) is 0 Å². The summed E-state index contributed by atoms with van der Waals surface area (Å²) in [7, 11) is 0. The van der Waals surface area contributed by atoms with E-state index < -0.39 is 0 Å². The number of anilines is 1. The molecule has 6 heteroatoms. The average Bonchev–Trinajstić information content (AvgIpc) is 2.36. The molecule has 0 fully saturated rings. The zero-order chi connectivity index (χ0) is 13.0. The van der Waals surface area contributed by atoms with Crippen LogP contribution in [-0.4, -0.2) is 16.3 Å². The molecule has 0 unspecified atom stereocenters. The normalized spacial score (nSPS) is 10.1. The van der Waals surface area contributed by atoms with E-state index in [9.17, 15) is 4.79 Å². The molecule has 0 radical (unpaired) electrons. The molecule has 0 aliphatic rings. The van der Waals surface area contributed by atoms with Crippen molar-refractivity contribution in [3.05, 3.63) is 46.7 Å². The van der Waals surface area contributed by atoms with Crippen LogP contribution in [-0.2, 0) is 6.61 Å². The van der Waals surface area contributed by atoms with Gasteiger partial charge in [-0.3, -0.25) is 4.79 Å². The van der Waals surface area contributed by atoms with E-state index in [1.807, 2.05) is 12.1 Å². The molecular weight excluding hydrogens is 254 g/mol. The Kier molecular flexibility index (Phi) is 3.74. The molecule has 0 bridgehead atoms. The van der Waals surface area contributed by atoms with E-state index >= 15 is 0 Å². The number of ether oxygens (including phenoxy) is 1. The lowest BCUT2D eigenvalue weighted by molar-refractivity contribution is 0.111. The fourth-order valence-corrected chi connectivity index (χ4v) is 1.61. The summed E-state index contributed by atoms with van der Waals surface area (Å²) < 4.78 is 5.43. The SMILES string of the molecule is Nc1ncnc(OCc2cccc(Cl)c2)c1C=O. The lowest BCUT2D eigenvalue weighted by atomic mass is 10.2. The van der Waals surface area contributed by atoms with Crippen LogP contribution in [0.4, 0.5) is 5.82 Å². The fourth-order valence-electron chi connectivity index (χ4n) is 1.40. The van der Waals surface area contributed by atoms with E-state index in [1.165, 1.54) is 6.33 Å². The molecule has 2 rings (SSSR count). The van der Waals surface area contributed by atoms with Gasteiger partial charge in [-0.2, -0.15) is 0 Å². The van der Waals surface area contributed by atoms with Crippen LogP contribution < -0.4 is 10.5 Å². The minimum Gasteiger partial charge on any atom is -0.472 e. The second-order valence-electron chi connectivity index (χ2n) is 3.51. The lowest BCUT2D eigenvalue weighted by Gasteiger charge is -2.08. The quantitative estimate of drug-likeness (QED) is 0.855. The summed E-state index contributed by atoms with van der Waals surface area (Å²) in [5.41, 5.74) is 6.57. The summed E-state index contributed by atoms with van der Waals surface area (Å²) in [6.45, 7) is 0.248. The minimum atomic E-state index is 0.0982. The van der Waals surface area contributed by atoms with E-state index in [1.54, 1.807) is 12.1 Å². The molecule has 5 nitrogen and oxygen atoms in total. The molecule has 0 amide bonds. The van der Waals surface area contributed by atoms with Crippen molar-refractivity contribution in [1.29, 1.82) is 0 Å². The second-order valence-corrected chi connectivity index (χ2v) is 3.95. The Morgan fingerprint density at radius 2 is 2.22 bits per heavy atom. The number of nitrogens with zero attached hydrogens (tertiary/aromatic N) is 2. The number of nitrogen functional groups attached to an aromatic ring is 1. The summed E-state index contributed by atoms with van der Waals surface area (Å²) in [6, 6.07) is 7.21. The minimum absolute atomic E-state index is 0.0982. The lowest BCUT2D eigenvalue weighted by Crippen LogP contribution is -2.04. The molecule has 2 N–H and O–H groups in total. The van der Waals surface area contributed by atoms with E-state index in [0.29, 0.717) is 11.3 Å². The standard InChI is InChI=1S/C12H10ClN3O2/c13-9-3-1-2-8(4-9)6-18-12-10(5-17)11(14)15-7-16-12/h1-5,7H,6H2,(H2,14,15,16). The summed E-state index contributed by atoms with van der Waals surface area (Å²) in [4.78, 5) is 18.4. The van der Waals surface area contributed by atoms with Crippen LogP contribution in [0.2, 0.25) is 5.02 Å². The van der Waals surface area contributed by atoms with Crippen molar-refractivity contribution < 1.29 is 9.53 Å². The average molecular weight is 264 g/mol. The molecule has 18 heavy (non-hydrogen) atoms. The van der Waals surface area contributed by atoms with Crippen molar-refractivity contribution in [1.82, 2.24) is 9.97 Å². The van der Waals surface area contributed by atoms with Crippen LogP contribution in [0, 0.1) is 0 Å². The van der Waals surface area contributed by atoms with Gasteiger partial charge in [0.1, 0.15) is 24.3 Å². The number of benzene rings is 1. The van der Waals surface area contributed by atoms with Gasteiger partial charge >= 0.3 is 0 Å². The molecule has 0 saturated carbocycles. The Hall–Kier alpha value is -2.14. The van der Waals surface area contributed by atoms with Crippen molar-refractivity contribution in [2.75, 3.05) is 5.73 Å². The van der Waals surface area contributed by atoms with Crippen LogP contribution >= 0.6 is 11.6 Å². The van der Waals surface area contributed by atoms with Crippen LogP contribution in [0.5, 0.6) is 5.88 Å². The second kappa shape index (κ2) is 5.46. The monoisotopic (exact) mass is 263 g/mol. The Morgan fingerprint density at radius 1 is 1.39 bits per heavy atom. The Balaban J connectivity index is 2.15. The zero-order valence-corrected chi connectivity index (χ0v) is 10.1. The van der Waals surface area contributed by atoms with Gasteiger partial charge in [-0.25, -0.2) is 9.97 Å². The predicted molar refractivity (Wildman–Crippen MR) is 67.6 cm³/mol. The molecule has 0 aliphatic carbocycles. The first-order chi connectivity index (χ1) is 8.70. The van der Waals surface area contributed by atoms with Crippen LogP contribution in [0.15, 0.2) is 30.6 Å². The molecular formula is C12H10ClN3O2. The molecule has 0 aliphatic heterocycles. The third-order valence-corrected chi connectivity index (χ3v) is 2.50. The van der Waals surface area contributed by atoms with Gasteiger partial charge in [0.25, 0.3) is 0 Å². The van der Waals surface area contributed by atoms with Gasteiger partial charge in [-0.05, 0) is 17.7 Å². The Labute approximate surface area is 109 Å². The Morgan fingerprint density at radius 3 is 2.94 bits per heavy atom. The largest absolute Gasteiger partial charge is 0.472 e. The summed E-state index contributed by atoms with van der Waals surface area (Å²) in [5, 5.41) is 0.619. The molecule has 0 atom stereocenters. The highest BCUT2D eigenvalue weighted by Gasteiger charge is 2.09. The van der Waals surface area contributed by atoms with E-state index in [0.717, 1.165) is 5.56 Å². The third kappa shape index (κ3) is 2.75. The zero-order valence-electron chi connectivity index (χ0n) is 9.34. The van der Waals surface area contributed by atoms with Gasteiger partial charge < -0.3 is 10.5 Å². The molecule has 0 saturated heterocycles. The number of nitrogens with two attached hydrogens (primary N) is 1. The van der Waals surface area contributed by atoms with Gasteiger partial charge in [0.15, 0.2) is 6.29 Å². The Bertz CT molecular complexity index is 575. The molecule has 1 aromatic heterocycles. The number of carbonyl (C=O) groups is 1. The predicted octanol–water partition coefficient (Wildman–Crippen LogP) is 2.10. The van der Waals surface area contributed by atoms with Crippen LogP contribution in [0.1, 0.15) is 15.9 Å². The van der Waals surface area contributed by atoms with Crippen LogP contribution in [0.25, 0.3) is 0 Å². The first-order valence-corrected chi connectivity index (χ1v) is 5.51. The highest BCUT2D eigenvalue weighted by molar-refractivity contribution is 6.30. The summed E-state index contributed by atoms with van der Waals surface area (Å²) in [6.07, 6.45) is 1.82. The van der Waals surface area contributed by atoms with E-state index in [4.69, 9.17) is 22.1 Å². The van der Waals surface area contributed by atoms with Crippen molar-refractivity contribution in [2.45, 2.75) is 6.61 Å². The number of hydrogen-bond acceptors (Lipinski definition) is 5. The number of hydrogen-bond donors (Lipinski definition) is 1. The number of aldehydes is 1. The van der Waals surface area contributed by atoms with Gasteiger partial charge in [0.2, 0.25) is 5.88 Å². The van der Waals surface area contributed by atoms with Crippen molar-refractivity contribution in [3.8, 4) is 5.88 Å². The third-order valence-electron chi connectivity index (χ3n) is 2.26. The van der Waals surface area contributed by atoms with Crippen molar-refractivity contribution in [2.24, 2.45) is 0 Å².